The summed E-state index contributed by atoms with van der Waals surface area (Å²) in [6.45, 7) is 9.59. The maximum absolute atomic E-state index is 14.2. The molecule has 246 valence electrons. The van der Waals surface area contributed by atoms with Crippen LogP contribution in [0.1, 0.15) is 64.2 Å². The van der Waals surface area contributed by atoms with Gasteiger partial charge in [-0.1, -0.05) is 6.92 Å². The maximum Gasteiger partial charge on any atom is 0.319 e. The number of urea groups is 1. The van der Waals surface area contributed by atoms with Crippen molar-refractivity contribution in [3.8, 4) is 5.75 Å². The molecule has 3 amide bonds. The van der Waals surface area contributed by atoms with Crippen molar-refractivity contribution < 1.29 is 32.6 Å². The van der Waals surface area contributed by atoms with Gasteiger partial charge in [-0.15, -0.1) is 0 Å². The molecule has 1 aromatic heterocycles. The summed E-state index contributed by atoms with van der Waals surface area (Å²) >= 11 is 0. The van der Waals surface area contributed by atoms with E-state index in [9.17, 15) is 23.1 Å². The third-order valence-electron chi connectivity index (χ3n) is 7.52. The molecule has 13 nitrogen and oxygen atoms in total. The van der Waals surface area contributed by atoms with E-state index in [0.717, 1.165) is 12.8 Å². The third-order valence-corrected chi connectivity index (χ3v) is 9.23. The Morgan fingerprint density at radius 2 is 1.95 bits per heavy atom. The zero-order valence-electron chi connectivity index (χ0n) is 26.8. The molecule has 44 heavy (non-hydrogen) atoms. The molecule has 14 heteroatoms. The summed E-state index contributed by atoms with van der Waals surface area (Å²) in [5, 5.41) is 15.6. The summed E-state index contributed by atoms with van der Waals surface area (Å²) in [5.41, 5.74) is 0.663. The normalized spacial score (nSPS) is 21.4. The van der Waals surface area contributed by atoms with Crippen LogP contribution in [0.4, 0.5) is 10.5 Å². The van der Waals surface area contributed by atoms with Crippen molar-refractivity contribution in [3.63, 3.8) is 0 Å². The number of carbonyl (C=O) groups excluding carboxylic acids is 2. The molecule has 1 aliphatic heterocycles. The molecule has 0 radical (unpaired) electrons. The highest BCUT2D eigenvalue weighted by Crippen LogP contribution is 2.29. The molecule has 0 spiro atoms. The zero-order chi connectivity index (χ0) is 32.6. The van der Waals surface area contributed by atoms with Crippen LogP contribution in [0.5, 0.6) is 5.75 Å². The summed E-state index contributed by atoms with van der Waals surface area (Å²) in [7, 11) is -0.682. The first-order valence-corrected chi connectivity index (χ1v) is 16.5. The summed E-state index contributed by atoms with van der Waals surface area (Å²) in [6.07, 6.45) is 4.37. The van der Waals surface area contributed by atoms with Gasteiger partial charge in [-0.25, -0.2) is 18.2 Å². The summed E-state index contributed by atoms with van der Waals surface area (Å²) in [6, 6.07) is 3.90. The van der Waals surface area contributed by atoms with Gasteiger partial charge in [0.2, 0.25) is 0 Å². The molecule has 0 aliphatic carbocycles. The molecule has 2 heterocycles. The largest absolute Gasteiger partial charge is 0.490 e. The van der Waals surface area contributed by atoms with Gasteiger partial charge in [-0.3, -0.25) is 4.79 Å². The van der Waals surface area contributed by atoms with Crippen LogP contribution in [0.2, 0.25) is 0 Å². The van der Waals surface area contributed by atoms with Gasteiger partial charge in [0, 0.05) is 57.6 Å². The van der Waals surface area contributed by atoms with Gasteiger partial charge in [0.15, 0.2) is 5.03 Å². The van der Waals surface area contributed by atoms with Crippen molar-refractivity contribution in [3.05, 3.63) is 36.3 Å². The quantitative estimate of drug-likeness (QED) is 0.399. The number of imidazole rings is 1. The molecule has 1 aliphatic rings. The Bertz CT molecular complexity index is 1370. The van der Waals surface area contributed by atoms with Crippen LogP contribution in [-0.4, -0.2) is 102 Å². The standard InChI is InChI=1S/C30H48N6O7S/c1-20(2)32-30(39)33-24-11-12-26-25(14-24)29(38)36(22(4)18-37)15-21(3)27(42-13-9-8-10-23(5)43-26)16-35(7)44(40,41)28-17-34(6)19-31-28/h11-12,14,17,19-23,27,37H,8-10,13,15-16,18H2,1-7H3,(H2,32,33,39)/t21-,22-,23+,27+/m1/s1. The third kappa shape index (κ3) is 9.40. The summed E-state index contributed by atoms with van der Waals surface area (Å²) < 4.78 is 41.8. The van der Waals surface area contributed by atoms with Crippen LogP contribution >= 0.6 is 0 Å². The number of nitrogens with zero attached hydrogens (tertiary/aromatic N) is 4. The first-order chi connectivity index (χ1) is 20.7. The van der Waals surface area contributed by atoms with E-state index in [4.69, 9.17) is 9.47 Å². The number of hydrogen-bond donors (Lipinski definition) is 3. The van der Waals surface area contributed by atoms with E-state index in [1.165, 1.54) is 23.9 Å². The van der Waals surface area contributed by atoms with E-state index in [-0.39, 0.29) is 48.3 Å². The fourth-order valence-electron chi connectivity index (χ4n) is 4.93. The average molecular weight is 637 g/mol. The summed E-state index contributed by atoms with van der Waals surface area (Å²) in [4.78, 5) is 32.2. The van der Waals surface area contributed by atoms with Gasteiger partial charge in [0.05, 0.1) is 36.7 Å². The topological polar surface area (TPSA) is 155 Å². The van der Waals surface area contributed by atoms with E-state index in [2.05, 4.69) is 15.6 Å². The second-order valence-electron chi connectivity index (χ2n) is 11.9. The van der Waals surface area contributed by atoms with Crippen molar-refractivity contribution in [2.24, 2.45) is 13.0 Å². The molecule has 0 saturated heterocycles. The number of ether oxygens (including phenoxy) is 2. The number of aryl methyl sites for hydroxylation is 1. The molecule has 3 N–H and O–H groups in total. The number of anilines is 1. The highest BCUT2D eigenvalue weighted by Gasteiger charge is 2.33. The molecule has 0 fully saturated rings. The smallest absolute Gasteiger partial charge is 0.319 e. The van der Waals surface area contributed by atoms with Crippen LogP contribution in [0.15, 0.2) is 35.7 Å². The zero-order valence-corrected chi connectivity index (χ0v) is 27.6. The lowest BCUT2D eigenvalue weighted by Gasteiger charge is -2.35. The summed E-state index contributed by atoms with van der Waals surface area (Å²) in [5.74, 6) is -0.330. The van der Waals surface area contributed by atoms with Crippen LogP contribution in [0, 0.1) is 5.92 Å². The Labute approximate surface area is 261 Å². The molecule has 4 atom stereocenters. The van der Waals surface area contributed by atoms with E-state index < -0.39 is 34.1 Å². The molecule has 0 bridgehead atoms. The molecule has 0 unspecified atom stereocenters. The number of likely N-dealkylation sites (N-methyl/N-ethyl adjacent to an activating group) is 1. The van der Waals surface area contributed by atoms with Crippen LogP contribution < -0.4 is 15.4 Å². The van der Waals surface area contributed by atoms with Crippen molar-refractivity contribution in [1.29, 1.82) is 0 Å². The lowest BCUT2D eigenvalue weighted by atomic mass is 10.0. The number of benzene rings is 1. The van der Waals surface area contributed by atoms with Crippen molar-refractivity contribution >= 4 is 27.6 Å². The highest BCUT2D eigenvalue weighted by atomic mass is 32.2. The lowest BCUT2D eigenvalue weighted by Crippen LogP contribution is -2.48. The number of carbonyl (C=O) groups is 2. The van der Waals surface area contributed by atoms with E-state index in [0.29, 0.717) is 24.5 Å². The predicted octanol–water partition coefficient (Wildman–Crippen LogP) is 3.07. The number of aliphatic hydroxyl groups excluding tert-OH is 1. The minimum atomic E-state index is -3.87. The van der Waals surface area contributed by atoms with E-state index in [1.54, 1.807) is 41.6 Å². The Morgan fingerprint density at radius 3 is 2.59 bits per heavy atom. The number of aliphatic hydroxyl groups is 1. The number of amides is 3. The number of fused-ring (bicyclic) bond motifs is 1. The fraction of sp³-hybridized carbons (Fsp3) is 0.633. The lowest BCUT2D eigenvalue weighted by molar-refractivity contribution is -0.00835. The van der Waals surface area contributed by atoms with Crippen molar-refractivity contribution in [2.45, 2.75) is 83.2 Å². The minimum Gasteiger partial charge on any atom is -0.490 e. The van der Waals surface area contributed by atoms with Crippen LogP contribution in [0.3, 0.4) is 0 Å². The van der Waals surface area contributed by atoms with E-state index in [1.807, 2.05) is 27.7 Å². The first-order valence-electron chi connectivity index (χ1n) is 15.1. The number of nitrogens with one attached hydrogen (secondary N) is 2. The monoisotopic (exact) mass is 636 g/mol. The van der Waals surface area contributed by atoms with Gasteiger partial charge >= 0.3 is 6.03 Å². The van der Waals surface area contributed by atoms with Gasteiger partial charge in [-0.05, 0) is 65.2 Å². The molecular formula is C30H48N6O7S. The van der Waals surface area contributed by atoms with Gasteiger partial charge < -0.3 is 34.7 Å². The molecule has 1 aromatic carbocycles. The van der Waals surface area contributed by atoms with Crippen molar-refractivity contribution in [2.75, 3.05) is 38.7 Å². The first kappa shape index (κ1) is 35.3. The van der Waals surface area contributed by atoms with Gasteiger partial charge in [-0.2, -0.15) is 4.31 Å². The van der Waals surface area contributed by atoms with Crippen molar-refractivity contribution in [1.82, 2.24) is 24.1 Å². The molecular weight excluding hydrogens is 588 g/mol. The number of rotatable bonds is 8. The Kier molecular flexibility index (Phi) is 12.6. The SMILES string of the molecule is CC(C)NC(=O)Nc1ccc2c(c1)C(=O)N([C@H](C)CO)C[C@@H](C)[C@H](CN(C)S(=O)(=O)c1cn(C)cn1)OCCCC[C@H](C)O2. The fourth-order valence-corrected chi connectivity index (χ4v) is 6.07. The number of sulfonamides is 1. The Morgan fingerprint density at radius 1 is 1.23 bits per heavy atom. The van der Waals surface area contributed by atoms with Gasteiger partial charge in [0.1, 0.15) is 5.75 Å². The number of aromatic nitrogens is 2. The average Bonchev–Trinajstić information content (AvgIpc) is 3.41. The molecule has 3 rings (SSSR count). The maximum atomic E-state index is 14.2. The number of hydrogen-bond acceptors (Lipinski definition) is 8. The minimum absolute atomic E-state index is 0.0464. The van der Waals surface area contributed by atoms with Crippen LogP contribution in [0.25, 0.3) is 0 Å². The Hall–Kier alpha value is -3.20. The van der Waals surface area contributed by atoms with Crippen LogP contribution in [-0.2, 0) is 21.8 Å². The second-order valence-corrected chi connectivity index (χ2v) is 13.9. The highest BCUT2D eigenvalue weighted by molar-refractivity contribution is 7.89. The van der Waals surface area contributed by atoms with E-state index >= 15 is 0 Å². The molecule has 0 saturated carbocycles. The van der Waals surface area contributed by atoms with Gasteiger partial charge in [0.25, 0.3) is 15.9 Å². The predicted molar refractivity (Wildman–Crippen MR) is 167 cm³/mol. The molecule has 2 aromatic rings. The Balaban J connectivity index is 1.96. The second kappa shape index (κ2) is 15.7.